The van der Waals surface area contributed by atoms with E-state index in [1.807, 2.05) is 24.5 Å². The van der Waals surface area contributed by atoms with E-state index in [4.69, 9.17) is 4.74 Å². The molecule has 0 bridgehead atoms. The van der Waals surface area contributed by atoms with E-state index in [0.29, 0.717) is 36.2 Å². The van der Waals surface area contributed by atoms with Crippen LogP contribution < -0.4 is 10.9 Å². The molecule has 26 heavy (non-hydrogen) atoms. The number of nitrogens with zero attached hydrogens (tertiary/aromatic N) is 2. The second kappa shape index (κ2) is 6.76. The minimum Gasteiger partial charge on any atom is -0.381 e. The molecule has 0 spiro atoms. The van der Waals surface area contributed by atoms with Gasteiger partial charge in [0, 0.05) is 31.3 Å². The van der Waals surface area contributed by atoms with E-state index in [1.165, 1.54) is 6.33 Å². The first-order chi connectivity index (χ1) is 12.7. The normalized spacial score (nSPS) is 16.5. The number of H-pyrrole nitrogens is 1. The van der Waals surface area contributed by atoms with Gasteiger partial charge in [0.2, 0.25) is 5.91 Å². The third-order valence-electron chi connectivity index (χ3n) is 4.99. The molecule has 2 N–H and O–H groups in total. The van der Waals surface area contributed by atoms with Crippen LogP contribution in [-0.4, -0.2) is 33.7 Å². The highest BCUT2D eigenvalue weighted by molar-refractivity contribution is 5.93. The van der Waals surface area contributed by atoms with Crippen LogP contribution in [0.4, 0.5) is 5.69 Å². The number of hydrogen-bond acceptors (Lipinski definition) is 4. The summed E-state index contributed by atoms with van der Waals surface area (Å²) in [5, 5.41) is 3.38. The minimum absolute atomic E-state index is 0.0831. The van der Waals surface area contributed by atoms with Crippen molar-refractivity contribution >= 4 is 22.5 Å². The zero-order valence-electron chi connectivity index (χ0n) is 14.3. The molecule has 7 heteroatoms. The topological polar surface area (TPSA) is 89.0 Å². The van der Waals surface area contributed by atoms with Gasteiger partial charge in [-0.05, 0) is 43.2 Å². The molecule has 3 heterocycles. The third kappa shape index (κ3) is 3.13. The van der Waals surface area contributed by atoms with Crippen molar-refractivity contribution in [1.29, 1.82) is 0 Å². The lowest BCUT2D eigenvalue weighted by Crippen LogP contribution is -2.42. The zero-order chi connectivity index (χ0) is 18.0. The molecule has 1 amide bonds. The highest BCUT2D eigenvalue weighted by atomic mass is 16.5. The van der Waals surface area contributed by atoms with E-state index < -0.39 is 0 Å². The maximum atomic E-state index is 12.7. The summed E-state index contributed by atoms with van der Waals surface area (Å²) in [7, 11) is 0. The zero-order valence-corrected chi connectivity index (χ0v) is 14.3. The Morgan fingerprint density at radius 3 is 2.81 bits per heavy atom. The maximum Gasteiger partial charge on any atom is 0.258 e. The third-order valence-corrected chi connectivity index (χ3v) is 4.99. The van der Waals surface area contributed by atoms with Crippen LogP contribution in [0.25, 0.3) is 10.9 Å². The molecule has 134 valence electrons. The van der Waals surface area contributed by atoms with Crippen molar-refractivity contribution in [3.05, 3.63) is 59.4 Å². The fraction of sp³-hybridized carbons (Fsp3) is 0.316. The van der Waals surface area contributed by atoms with Gasteiger partial charge in [-0.15, -0.1) is 0 Å². The van der Waals surface area contributed by atoms with E-state index >= 15 is 0 Å². The Bertz CT molecular complexity index is 972. The van der Waals surface area contributed by atoms with Gasteiger partial charge in [0.05, 0.1) is 29.2 Å². The lowest BCUT2D eigenvalue weighted by molar-refractivity contribution is -0.119. The largest absolute Gasteiger partial charge is 0.381 e. The number of fused-ring (bicyclic) bond motifs is 1. The summed E-state index contributed by atoms with van der Waals surface area (Å²) in [6.07, 6.45) is 7.30. The number of aromatic nitrogens is 3. The molecule has 1 saturated heterocycles. The molecular formula is C19H20N4O3. The summed E-state index contributed by atoms with van der Waals surface area (Å²) < 4.78 is 7.61. The number of carbonyl (C=O) groups is 1. The number of ether oxygens (including phenoxy) is 1. The molecule has 1 aliphatic heterocycles. The smallest absolute Gasteiger partial charge is 0.258 e. The molecule has 0 atom stereocenters. The van der Waals surface area contributed by atoms with E-state index in [0.717, 1.165) is 12.8 Å². The first-order valence-electron chi connectivity index (χ1n) is 8.65. The van der Waals surface area contributed by atoms with E-state index in [1.54, 1.807) is 18.2 Å². The van der Waals surface area contributed by atoms with E-state index in [9.17, 15) is 9.59 Å². The Hall–Kier alpha value is -2.93. The lowest BCUT2D eigenvalue weighted by Gasteiger charge is -2.38. The second-order valence-corrected chi connectivity index (χ2v) is 6.62. The molecule has 0 radical (unpaired) electrons. The molecule has 0 unspecified atom stereocenters. The van der Waals surface area contributed by atoms with Gasteiger partial charge in [0.25, 0.3) is 5.56 Å². The van der Waals surface area contributed by atoms with Crippen LogP contribution in [0.2, 0.25) is 0 Å². The van der Waals surface area contributed by atoms with Gasteiger partial charge in [-0.2, -0.15) is 0 Å². The number of amides is 1. The number of carbonyl (C=O) groups excluding carboxylic acids is 1. The highest BCUT2D eigenvalue weighted by Gasteiger charge is 2.36. The van der Waals surface area contributed by atoms with E-state index in [-0.39, 0.29) is 17.0 Å². The molecule has 1 aliphatic rings. The van der Waals surface area contributed by atoms with Crippen molar-refractivity contribution < 1.29 is 9.53 Å². The van der Waals surface area contributed by atoms with Crippen LogP contribution in [0.5, 0.6) is 0 Å². The number of rotatable bonds is 4. The molecule has 1 aromatic carbocycles. The van der Waals surface area contributed by atoms with Crippen molar-refractivity contribution in [2.45, 2.75) is 24.8 Å². The monoisotopic (exact) mass is 352 g/mol. The summed E-state index contributed by atoms with van der Waals surface area (Å²) in [4.78, 5) is 31.3. The molecule has 7 nitrogen and oxygen atoms in total. The van der Waals surface area contributed by atoms with E-state index in [2.05, 4.69) is 19.9 Å². The summed E-state index contributed by atoms with van der Waals surface area (Å²) >= 11 is 0. The quantitative estimate of drug-likeness (QED) is 0.754. The van der Waals surface area contributed by atoms with Crippen LogP contribution >= 0.6 is 0 Å². The average Bonchev–Trinajstić information content (AvgIpc) is 3.19. The van der Waals surface area contributed by atoms with Crippen molar-refractivity contribution in [2.24, 2.45) is 0 Å². The first-order valence-corrected chi connectivity index (χ1v) is 8.65. The molecule has 3 aromatic rings. The predicted molar refractivity (Wildman–Crippen MR) is 98.1 cm³/mol. The fourth-order valence-corrected chi connectivity index (χ4v) is 3.58. The Balaban J connectivity index is 1.56. The van der Waals surface area contributed by atoms with Gasteiger partial charge in [0.1, 0.15) is 0 Å². The first kappa shape index (κ1) is 16.5. The van der Waals surface area contributed by atoms with Gasteiger partial charge < -0.3 is 19.6 Å². The fourth-order valence-electron chi connectivity index (χ4n) is 3.58. The minimum atomic E-state index is -0.276. The summed E-state index contributed by atoms with van der Waals surface area (Å²) in [6.45, 7) is 1.28. The Morgan fingerprint density at radius 2 is 2.04 bits per heavy atom. The number of hydrogen-bond donors (Lipinski definition) is 2. The number of benzene rings is 1. The molecule has 0 aliphatic carbocycles. The van der Waals surface area contributed by atoms with Crippen molar-refractivity contribution in [2.75, 3.05) is 18.5 Å². The molecule has 1 fully saturated rings. The Kier molecular flexibility index (Phi) is 4.30. The molecule has 4 rings (SSSR count). The predicted octanol–water partition coefficient (Wildman–Crippen LogP) is 2.26. The lowest BCUT2D eigenvalue weighted by atomic mass is 9.86. The van der Waals surface area contributed by atoms with Gasteiger partial charge in [-0.1, -0.05) is 0 Å². The molecule has 2 aromatic heterocycles. The molecular weight excluding hydrogens is 332 g/mol. The Labute approximate surface area is 150 Å². The van der Waals surface area contributed by atoms with Gasteiger partial charge in [-0.3, -0.25) is 9.59 Å². The maximum absolute atomic E-state index is 12.7. The average molecular weight is 352 g/mol. The summed E-state index contributed by atoms with van der Waals surface area (Å²) in [5.74, 6) is -0.0831. The number of nitrogens with one attached hydrogen (secondary N) is 2. The number of aromatic amines is 1. The summed E-state index contributed by atoms with van der Waals surface area (Å²) in [6, 6.07) is 9.09. The van der Waals surface area contributed by atoms with Crippen molar-refractivity contribution in [3.8, 4) is 0 Å². The molecule has 0 saturated carbocycles. The van der Waals surface area contributed by atoms with Crippen LogP contribution in [0.15, 0.2) is 53.8 Å². The van der Waals surface area contributed by atoms with Crippen molar-refractivity contribution in [3.63, 3.8) is 0 Å². The van der Waals surface area contributed by atoms with Crippen molar-refractivity contribution in [1.82, 2.24) is 14.5 Å². The second-order valence-electron chi connectivity index (χ2n) is 6.62. The number of anilines is 1. The highest BCUT2D eigenvalue weighted by Crippen LogP contribution is 2.33. The SMILES string of the molecule is O=C(CC1(n2cccc2)CCOCC1)Nc1ccc2nc[nH]c(=O)c2c1. The summed E-state index contributed by atoms with van der Waals surface area (Å²) in [5.41, 5.74) is 0.692. The van der Waals surface area contributed by atoms with Gasteiger partial charge >= 0.3 is 0 Å². The van der Waals surface area contributed by atoms with Crippen LogP contribution in [0.3, 0.4) is 0 Å². The van der Waals surface area contributed by atoms with Crippen LogP contribution in [0.1, 0.15) is 19.3 Å². The van der Waals surface area contributed by atoms with Gasteiger partial charge in [0.15, 0.2) is 0 Å². The van der Waals surface area contributed by atoms with Crippen LogP contribution in [0, 0.1) is 0 Å². The van der Waals surface area contributed by atoms with Crippen LogP contribution in [-0.2, 0) is 15.1 Å². The standard InChI is InChI=1S/C19H20N4O3/c24-17(12-19(5-9-26-10-6-19)23-7-1-2-8-23)22-14-3-4-16-15(11-14)18(25)21-13-20-16/h1-4,7-8,11,13H,5-6,9-10,12H2,(H,22,24)(H,20,21,25). The van der Waals surface area contributed by atoms with Gasteiger partial charge in [-0.25, -0.2) is 4.98 Å². The Morgan fingerprint density at radius 1 is 1.27 bits per heavy atom.